The molecule has 6 aliphatic rings. The fourth-order valence-corrected chi connectivity index (χ4v) is 13.7. The molecule has 16 N–H and O–H groups in total. The maximum atomic E-state index is 10.1. The zero-order valence-electron chi connectivity index (χ0n) is 65.3. The number of aliphatic hydroxyl groups is 6. The standard InChI is InChI=1S/C14H21BO4.C13H20BNO4.C13H19BO4.C12H18BNO4.2C12H17BO4/c1-5-10-12-9(2)6-7-11(13(12)15(17)19-10)18-8-14(3,4)16;1-8-4-5-9(18-7-13(2,3)16)12-11(8)10(6-15)19-14(12)17;1-4-10-12-8(2)5-6-11(17-7-9(3)15)13(12)14(16)18-10;1-7-3-4-9(17-6-8(2)15)12-11(7)10(5-14)18-13(12)16;2*1-3-9-11-8(2)4-5-10(16-7-6-14)12(11)13(15)17-9/h6-7,10,16-17H,5,8H2,1-4H3;4-5,10,16-17H,6-7,15H2,1-3H3;5-6,9-10,15-16H,4,7H2,1-3H3;3-4,8,10,15-16H,5-6,14H2,1-2H3;2*4-5,9,14-15H,3,6-7H2,1-2H3/t10-;;9?,10-;;9-;/m1.1.1./s1. The molecule has 6 heterocycles. The molecule has 0 aromatic heterocycles. The minimum Gasteiger partial charge on any atom is -0.492 e. The number of aliphatic hydroxyl groups excluding tert-OH is 4. The molecular formula is C76H112B6N2O24. The Morgan fingerprint density at radius 2 is 0.546 bits per heavy atom. The summed E-state index contributed by atoms with van der Waals surface area (Å²) in [6, 6.07) is 22.5. The van der Waals surface area contributed by atoms with Gasteiger partial charge in [0.05, 0.1) is 73.2 Å². The van der Waals surface area contributed by atoms with Crippen molar-refractivity contribution in [2.24, 2.45) is 11.5 Å². The number of rotatable bonds is 24. The highest BCUT2D eigenvalue weighted by atomic mass is 16.6. The summed E-state index contributed by atoms with van der Waals surface area (Å²) < 4.78 is 66.0. The molecule has 0 saturated carbocycles. The Kier molecular flexibility index (Phi) is 33.1. The molecule has 588 valence electrons. The van der Waals surface area contributed by atoms with Gasteiger partial charge in [0.15, 0.2) is 0 Å². The summed E-state index contributed by atoms with van der Waals surface area (Å²) in [4.78, 5) is 0. The number of benzene rings is 6. The van der Waals surface area contributed by atoms with Gasteiger partial charge in [-0.25, -0.2) is 0 Å². The van der Waals surface area contributed by atoms with Gasteiger partial charge in [-0.2, -0.15) is 0 Å². The van der Waals surface area contributed by atoms with Crippen LogP contribution in [-0.2, 0) is 27.9 Å². The van der Waals surface area contributed by atoms with Gasteiger partial charge in [0, 0.05) is 45.9 Å². The van der Waals surface area contributed by atoms with Crippen LogP contribution >= 0.6 is 0 Å². The number of hydrogen-bond acceptors (Lipinski definition) is 26. The normalized spacial score (nSPS) is 18.9. The lowest BCUT2D eigenvalue weighted by Gasteiger charge is -2.20. The van der Waals surface area contributed by atoms with Crippen molar-refractivity contribution >= 4 is 75.5 Å². The second-order valence-corrected chi connectivity index (χ2v) is 28.9. The number of ether oxygens (including phenoxy) is 6. The van der Waals surface area contributed by atoms with E-state index in [4.69, 9.17) is 78.0 Å². The number of hydrogen-bond donors (Lipinski definition) is 14. The van der Waals surface area contributed by atoms with E-state index in [1.807, 2.05) is 130 Å². The molecule has 108 heavy (non-hydrogen) atoms. The number of nitrogens with two attached hydrogens (primary N) is 2. The molecule has 6 aliphatic heterocycles. The Bertz CT molecular complexity index is 3660. The summed E-state index contributed by atoms with van der Waals surface area (Å²) in [6.45, 7) is 31.7. The van der Waals surface area contributed by atoms with Crippen molar-refractivity contribution in [3.05, 3.63) is 140 Å². The van der Waals surface area contributed by atoms with E-state index in [1.165, 1.54) is 0 Å². The molecule has 6 aromatic carbocycles. The fourth-order valence-electron chi connectivity index (χ4n) is 13.7. The Morgan fingerprint density at radius 1 is 0.352 bits per heavy atom. The smallest absolute Gasteiger partial charge is 0.492 e. The van der Waals surface area contributed by atoms with Gasteiger partial charge in [-0.15, -0.1) is 0 Å². The molecule has 0 aliphatic carbocycles. The van der Waals surface area contributed by atoms with Crippen molar-refractivity contribution in [2.75, 3.05) is 65.9 Å². The van der Waals surface area contributed by atoms with E-state index >= 15 is 0 Å². The van der Waals surface area contributed by atoms with Gasteiger partial charge < -0.3 is 129 Å². The summed E-state index contributed by atoms with van der Waals surface area (Å²) in [5, 5.41) is 115. The Balaban J connectivity index is 0.000000181. The van der Waals surface area contributed by atoms with E-state index < -0.39 is 66.1 Å². The Hall–Kier alpha value is -6.29. The van der Waals surface area contributed by atoms with Crippen molar-refractivity contribution < 1.29 is 117 Å². The molecule has 0 bridgehead atoms. The van der Waals surface area contributed by atoms with Crippen molar-refractivity contribution in [2.45, 2.75) is 196 Å². The molecule has 8 atom stereocenters. The van der Waals surface area contributed by atoms with Crippen LogP contribution in [0.25, 0.3) is 0 Å². The molecule has 0 saturated heterocycles. The molecule has 5 unspecified atom stereocenters. The third kappa shape index (κ3) is 22.1. The second kappa shape index (κ2) is 40.3. The monoisotopic (exact) mass is 1500 g/mol. The first kappa shape index (κ1) is 88.9. The number of fused-ring (bicyclic) bond motifs is 6. The summed E-state index contributed by atoms with van der Waals surface area (Å²) in [7, 11) is -5.78. The van der Waals surface area contributed by atoms with Crippen molar-refractivity contribution in [1.82, 2.24) is 0 Å². The molecule has 0 fully saturated rings. The van der Waals surface area contributed by atoms with Crippen LogP contribution in [0.15, 0.2) is 72.8 Å². The lowest BCUT2D eigenvalue weighted by molar-refractivity contribution is 0.0285. The SMILES string of the molecule is CCC1OB(O)c2c(OCCO)ccc(C)c21.CC[C@H]1OB(O)c2c(OCC(C)(C)O)ccc(C)c21.CC[C@H]1OB(O)c2c(OCC(C)O)ccc(C)c21.CC[C@H]1OB(O)c2c(OCCO)ccc(C)c21.Cc1ccc(OCC(C)(C)O)c2c1C(CN)OB2O.Cc1ccc(OCC(C)O)c2c1C(CN)OB2O. The average Bonchev–Trinajstić information content (AvgIpc) is 1.66. The molecule has 6 aromatic rings. The summed E-state index contributed by atoms with van der Waals surface area (Å²) >= 11 is 0. The first-order chi connectivity index (χ1) is 51.1. The van der Waals surface area contributed by atoms with E-state index in [0.717, 1.165) is 92.4 Å². The zero-order valence-corrected chi connectivity index (χ0v) is 65.3. The topological polar surface area (TPSA) is 406 Å². The van der Waals surface area contributed by atoms with Crippen LogP contribution < -0.4 is 72.7 Å². The predicted molar refractivity (Wildman–Crippen MR) is 418 cm³/mol. The first-order valence-corrected chi connectivity index (χ1v) is 37.1. The zero-order chi connectivity index (χ0) is 79.8. The van der Waals surface area contributed by atoms with Crippen molar-refractivity contribution in [3.8, 4) is 34.5 Å². The second-order valence-electron chi connectivity index (χ2n) is 28.9. The lowest BCUT2D eigenvalue weighted by Crippen LogP contribution is -2.34. The van der Waals surface area contributed by atoms with Gasteiger partial charge in [0.1, 0.15) is 74.1 Å². The van der Waals surface area contributed by atoms with Gasteiger partial charge in [0.25, 0.3) is 0 Å². The van der Waals surface area contributed by atoms with Crippen LogP contribution in [0, 0.1) is 41.5 Å². The Labute approximate surface area is 637 Å². The van der Waals surface area contributed by atoms with E-state index in [1.54, 1.807) is 53.7 Å². The molecular weight excluding hydrogens is 1390 g/mol. The first-order valence-electron chi connectivity index (χ1n) is 37.1. The lowest BCUT2D eigenvalue weighted by atomic mass is 9.77. The largest absolute Gasteiger partial charge is 0.495 e. The van der Waals surface area contributed by atoms with Gasteiger partial charge in [-0.1, -0.05) is 64.1 Å². The molecule has 32 heteroatoms. The van der Waals surface area contributed by atoms with Gasteiger partial charge in [0.2, 0.25) is 0 Å². The van der Waals surface area contributed by atoms with Crippen LogP contribution in [0.3, 0.4) is 0 Å². The van der Waals surface area contributed by atoms with E-state index in [0.29, 0.717) is 80.4 Å². The van der Waals surface area contributed by atoms with E-state index in [2.05, 4.69) is 0 Å². The van der Waals surface area contributed by atoms with Crippen molar-refractivity contribution in [3.63, 3.8) is 0 Å². The minimum absolute atomic E-state index is 0.0448. The molecule has 0 amide bonds. The fraction of sp³-hybridized carbons (Fsp3) is 0.526. The molecule has 0 spiro atoms. The van der Waals surface area contributed by atoms with Gasteiger partial charge in [-0.05, 0) is 212 Å². The van der Waals surface area contributed by atoms with Crippen LogP contribution in [0.5, 0.6) is 34.5 Å². The molecule has 26 nitrogen and oxygen atoms in total. The van der Waals surface area contributed by atoms with Gasteiger partial charge >= 0.3 is 42.7 Å². The Morgan fingerprint density at radius 3 is 0.731 bits per heavy atom. The summed E-state index contributed by atoms with van der Waals surface area (Å²) in [5.74, 6) is 3.46. The maximum Gasteiger partial charge on any atom is 0.495 e. The maximum absolute atomic E-state index is 10.1. The minimum atomic E-state index is -1.03. The van der Waals surface area contributed by atoms with Crippen LogP contribution in [-0.4, -0.2) is 193 Å². The summed E-state index contributed by atoms with van der Waals surface area (Å²) in [6.07, 6.45) is 1.22. The predicted octanol–water partition coefficient (Wildman–Crippen LogP) is 2.64. The van der Waals surface area contributed by atoms with Crippen LogP contribution in [0.1, 0.15) is 198 Å². The molecule has 12 rings (SSSR count). The quantitative estimate of drug-likeness (QED) is 0.0387. The van der Waals surface area contributed by atoms with Crippen LogP contribution in [0.2, 0.25) is 0 Å². The third-order valence-corrected chi connectivity index (χ3v) is 18.7. The highest BCUT2D eigenvalue weighted by Gasteiger charge is 2.44. The van der Waals surface area contributed by atoms with E-state index in [9.17, 15) is 50.6 Å². The average molecular weight is 1500 g/mol. The highest BCUT2D eigenvalue weighted by molar-refractivity contribution is 6.65. The summed E-state index contributed by atoms with van der Waals surface area (Å²) in [5.41, 5.74) is 25.8. The molecule has 0 radical (unpaired) electrons. The van der Waals surface area contributed by atoms with Crippen LogP contribution in [0.4, 0.5) is 0 Å². The highest BCUT2D eigenvalue weighted by Crippen LogP contribution is 2.38. The van der Waals surface area contributed by atoms with Crippen molar-refractivity contribution in [1.29, 1.82) is 0 Å². The van der Waals surface area contributed by atoms with E-state index in [-0.39, 0.29) is 89.5 Å². The van der Waals surface area contributed by atoms with Gasteiger partial charge in [-0.3, -0.25) is 0 Å². The number of aryl methyl sites for hydroxylation is 6. The third-order valence-electron chi connectivity index (χ3n) is 18.7.